The van der Waals surface area contributed by atoms with Gasteiger partial charge in [-0.3, -0.25) is 9.59 Å². The van der Waals surface area contributed by atoms with E-state index in [1.54, 1.807) is 17.4 Å². The van der Waals surface area contributed by atoms with Gasteiger partial charge in [0.2, 0.25) is 11.8 Å². The number of nitrogens with one attached hydrogen (secondary N) is 2. The standard InChI is InChI=1S/C18H20N2O2S/c21-17(8-2-6-16-7-3-11-23-16)19-14-4-1-5-15(12-14)20-18(22)13-9-10-13/h1,3-5,7,11-13H,2,6,8-10H2,(H,19,21)(H,20,22). The quantitative estimate of drug-likeness (QED) is 0.805. The third kappa shape index (κ3) is 4.93. The van der Waals surface area contributed by atoms with Crippen molar-refractivity contribution in [1.29, 1.82) is 0 Å². The molecule has 0 unspecified atom stereocenters. The Kier molecular flexibility index (Phi) is 5.08. The van der Waals surface area contributed by atoms with E-state index in [0.717, 1.165) is 37.1 Å². The van der Waals surface area contributed by atoms with Gasteiger partial charge in [0.25, 0.3) is 0 Å². The summed E-state index contributed by atoms with van der Waals surface area (Å²) in [6.45, 7) is 0. The molecule has 1 saturated carbocycles. The van der Waals surface area contributed by atoms with Crippen LogP contribution in [0.25, 0.3) is 0 Å². The third-order valence-corrected chi connectivity index (χ3v) is 4.71. The zero-order valence-electron chi connectivity index (χ0n) is 12.9. The average molecular weight is 328 g/mol. The van der Waals surface area contributed by atoms with E-state index in [9.17, 15) is 9.59 Å². The number of benzene rings is 1. The van der Waals surface area contributed by atoms with Crippen molar-refractivity contribution in [2.75, 3.05) is 10.6 Å². The third-order valence-electron chi connectivity index (χ3n) is 3.77. The van der Waals surface area contributed by atoms with E-state index >= 15 is 0 Å². The summed E-state index contributed by atoms with van der Waals surface area (Å²) < 4.78 is 0. The Bertz CT molecular complexity index is 678. The number of rotatable bonds is 7. The molecule has 120 valence electrons. The molecule has 2 N–H and O–H groups in total. The number of aryl methyl sites for hydroxylation is 1. The van der Waals surface area contributed by atoms with E-state index in [1.165, 1.54) is 4.88 Å². The van der Waals surface area contributed by atoms with Gasteiger partial charge >= 0.3 is 0 Å². The number of hydrogen-bond donors (Lipinski definition) is 2. The molecule has 1 aromatic carbocycles. The largest absolute Gasteiger partial charge is 0.326 e. The highest BCUT2D eigenvalue weighted by atomic mass is 32.1. The van der Waals surface area contributed by atoms with Crippen LogP contribution in [0.3, 0.4) is 0 Å². The normalized spacial score (nSPS) is 13.6. The van der Waals surface area contributed by atoms with Crippen LogP contribution in [0.2, 0.25) is 0 Å². The molecule has 1 heterocycles. The smallest absolute Gasteiger partial charge is 0.227 e. The van der Waals surface area contributed by atoms with Gasteiger partial charge in [-0.2, -0.15) is 0 Å². The van der Waals surface area contributed by atoms with Gasteiger partial charge in [-0.25, -0.2) is 0 Å². The van der Waals surface area contributed by atoms with Gasteiger partial charge in [0.15, 0.2) is 0 Å². The minimum Gasteiger partial charge on any atom is -0.326 e. The molecule has 2 amide bonds. The molecular weight excluding hydrogens is 308 g/mol. The molecule has 23 heavy (non-hydrogen) atoms. The van der Waals surface area contributed by atoms with E-state index in [4.69, 9.17) is 0 Å². The summed E-state index contributed by atoms with van der Waals surface area (Å²) in [6, 6.07) is 11.4. The van der Waals surface area contributed by atoms with Gasteiger partial charge in [0, 0.05) is 28.6 Å². The highest BCUT2D eigenvalue weighted by Gasteiger charge is 2.29. The summed E-state index contributed by atoms with van der Waals surface area (Å²) >= 11 is 1.72. The van der Waals surface area contributed by atoms with Crippen LogP contribution in [0.1, 0.15) is 30.6 Å². The van der Waals surface area contributed by atoms with Crippen LogP contribution in [0.15, 0.2) is 41.8 Å². The van der Waals surface area contributed by atoms with Gasteiger partial charge in [-0.15, -0.1) is 11.3 Å². The first-order valence-electron chi connectivity index (χ1n) is 7.94. The number of anilines is 2. The Morgan fingerprint density at radius 2 is 1.87 bits per heavy atom. The molecule has 0 spiro atoms. The predicted molar refractivity (Wildman–Crippen MR) is 93.7 cm³/mol. The summed E-state index contributed by atoms with van der Waals surface area (Å²) in [5.41, 5.74) is 1.46. The highest BCUT2D eigenvalue weighted by Crippen LogP contribution is 2.30. The topological polar surface area (TPSA) is 58.2 Å². The fourth-order valence-electron chi connectivity index (χ4n) is 2.37. The monoisotopic (exact) mass is 328 g/mol. The molecule has 0 radical (unpaired) electrons. The maximum Gasteiger partial charge on any atom is 0.227 e. The van der Waals surface area contributed by atoms with Crippen molar-refractivity contribution in [3.63, 3.8) is 0 Å². The molecule has 1 aliphatic rings. The fourth-order valence-corrected chi connectivity index (χ4v) is 3.12. The van der Waals surface area contributed by atoms with E-state index in [2.05, 4.69) is 22.1 Å². The predicted octanol–water partition coefficient (Wildman–Crippen LogP) is 4.06. The molecule has 0 aliphatic heterocycles. The summed E-state index contributed by atoms with van der Waals surface area (Å²) in [7, 11) is 0. The van der Waals surface area contributed by atoms with Gasteiger partial charge in [-0.05, 0) is 55.3 Å². The zero-order chi connectivity index (χ0) is 16.1. The minimum absolute atomic E-state index is 0.00669. The van der Waals surface area contributed by atoms with Gasteiger partial charge < -0.3 is 10.6 Å². The average Bonchev–Trinajstić information content (AvgIpc) is 3.26. The van der Waals surface area contributed by atoms with Crippen molar-refractivity contribution in [2.45, 2.75) is 32.1 Å². The van der Waals surface area contributed by atoms with Crippen LogP contribution in [-0.4, -0.2) is 11.8 Å². The Balaban J connectivity index is 1.46. The Labute approximate surface area is 139 Å². The second kappa shape index (κ2) is 7.42. The van der Waals surface area contributed by atoms with Crippen molar-refractivity contribution in [3.8, 4) is 0 Å². The molecule has 1 fully saturated rings. The van der Waals surface area contributed by atoms with E-state index < -0.39 is 0 Å². The molecule has 0 bridgehead atoms. The van der Waals surface area contributed by atoms with Crippen LogP contribution in [0, 0.1) is 5.92 Å². The molecule has 1 aromatic heterocycles. The molecule has 4 nitrogen and oxygen atoms in total. The number of amides is 2. The van der Waals surface area contributed by atoms with Crippen LogP contribution in [0.4, 0.5) is 11.4 Å². The van der Waals surface area contributed by atoms with Crippen molar-refractivity contribution >= 4 is 34.5 Å². The SMILES string of the molecule is O=C(CCCc1cccs1)Nc1cccc(NC(=O)C2CC2)c1. The Morgan fingerprint density at radius 1 is 1.09 bits per heavy atom. The maximum atomic E-state index is 12.0. The van der Waals surface area contributed by atoms with Crippen molar-refractivity contribution in [1.82, 2.24) is 0 Å². The Morgan fingerprint density at radius 3 is 2.57 bits per heavy atom. The Hall–Kier alpha value is -2.14. The lowest BCUT2D eigenvalue weighted by Gasteiger charge is -2.08. The second-order valence-electron chi connectivity index (χ2n) is 5.83. The number of hydrogen-bond acceptors (Lipinski definition) is 3. The van der Waals surface area contributed by atoms with Crippen molar-refractivity contribution in [2.24, 2.45) is 5.92 Å². The second-order valence-corrected chi connectivity index (χ2v) is 6.86. The lowest BCUT2D eigenvalue weighted by atomic mass is 10.2. The first-order chi connectivity index (χ1) is 11.2. The number of carbonyl (C=O) groups is 2. The van der Waals surface area contributed by atoms with Crippen LogP contribution >= 0.6 is 11.3 Å². The summed E-state index contributed by atoms with van der Waals surface area (Å²) in [5, 5.41) is 7.84. The van der Waals surface area contributed by atoms with Crippen molar-refractivity contribution in [3.05, 3.63) is 46.7 Å². The lowest BCUT2D eigenvalue weighted by Crippen LogP contribution is -2.14. The number of carbonyl (C=O) groups excluding carboxylic acids is 2. The molecule has 5 heteroatoms. The fraction of sp³-hybridized carbons (Fsp3) is 0.333. The van der Waals surface area contributed by atoms with E-state index in [0.29, 0.717) is 6.42 Å². The van der Waals surface area contributed by atoms with E-state index in [-0.39, 0.29) is 17.7 Å². The maximum absolute atomic E-state index is 12.0. The first kappa shape index (κ1) is 15.7. The first-order valence-corrected chi connectivity index (χ1v) is 8.82. The molecule has 0 atom stereocenters. The molecule has 1 aliphatic carbocycles. The minimum atomic E-state index is 0.00669. The highest BCUT2D eigenvalue weighted by molar-refractivity contribution is 7.09. The van der Waals surface area contributed by atoms with Gasteiger partial charge in [-0.1, -0.05) is 12.1 Å². The summed E-state index contributed by atoms with van der Waals surface area (Å²) in [5.74, 6) is 0.252. The summed E-state index contributed by atoms with van der Waals surface area (Å²) in [4.78, 5) is 25.1. The lowest BCUT2D eigenvalue weighted by molar-refractivity contribution is -0.117. The zero-order valence-corrected chi connectivity index (χ0v) is 13.7. The van der Waals surface area contributed by atoms with Crippen LogP contribution < -0.4 is 10.6 Å². The van der Waals surface area contributed by atoms with Crippen LogP contribution in [-0.2, 0) is 16.0 Å². The summed E-state index contributed by atoms with van der Waals surface area (Å²) in [6.07, 6.45) is 4.22. The molecular formula is C18H20N2O2S. The van der Waals surface area contributed by atoms with Crippen molar-refractivity contribution < 1.29 is 9.59 Å². The van der Waals surface area contributed by atoms with Gasteiger partial charge in [0.05, 0.1) is 0 Å². The van der Waals surface area contributed by atoms with E-state index in [1.807, 2.05) is 24.3 Å². The molecule has 3 rings (SSSR count). The molecule has 0 saturated heterocycles. The van der Waals surface area contributed by atoms with Crippen LogP contribution in [0.5, 0.6) is 0 Å². The van der Waals surface area contributed by atoms with Gasteiger partial charge in [0.1, 0.15) is 0 Å². The molecule has 2 aromatic rings. The number of thiophene rings is 1.